The van der Waals surface area contributed by atoms with Crippen molar-refractivity contribution in [2.75, 3.05) is 19.8 Å². The van der Waals surface area contributed by atoms with Crippen LogP contribution >= 0.6 is 0 Å². The summed E-state index contributed by atoms with van der Waals surface area (Å²) in [6.07, 6.45) is 0. The maximum atomic E-state index is 12.0. The fourth-order valence-corrected chi connectivity index (χ4v) is 2.19. The largest absolute Gasteiger partial charge is 0.461 e. The average Bonchev–Trinajstić information content (AvgIpc) is 2.62. The number of carbonyl (C=O) groups is 2. The molecule has 0 spiro atoms. The first-order chi connectivity index (χ1) is 11.5. The minimum atomic E-state index is -0.941. The second-order valence-electron chi connectivity index (χ2n) is 5.02. The number of hydrogen-bond donors (Lipinski definition) is 0. The molecule has 0 aliphatic rings. The normalized spacial score (nSPS) is 12.8. The van der Waals surface area contributed by atoms with E-state index < -0.39 is 23.8 Å². The molecule has 2 unspecified atom stereocenters. The Labute approximate surface area is 139 Å². The van der Waals surface area contributed by atoms with Crippen LogP contribution in [0.3, 0.4) is 0 Å². The first-order valence-electron chi connectivity index (χ1n) is 7.39. The molecule has 0 aromatic heterocycles. The van der Waals surface area contributed by atoms with Crippen LogP contribution in [0.1, 0.15) is 24.2 Å². The Morgan fingerprint density at radius 3 is 2.54 bits per heavy atom. The zero-order chi connectivity index (χ0) is 17.9. The van der Waals surface area contributed by atoms with Crippen LogP contribution in [-0.2, 0) is 9.53 Å². The van der Waals surface area contributed by atoms with Crippen LogP contribution in [0.25, 0.3) is 10.4 Å². The van der Waals surface area contributed by atoms with E-state index in [1.807, 2.05) is 6.92 Å². The number of nitroso groups, excluding NO2 is 1. The van der Waals surface area contributed by atoms with Gasteiger partial charge in [0.2, 0.25) is 0 Å². The highest BCUT2D eigenvalue weighted by atomic mass is 16.5. The van der Waals surface area contributed by atoms with E-state index in [0.29, 0.717) is 12.1 Å². The second-order valence-corrected chi connectivity index (χ2v) is 5.02. The Morgan fingerprint density at radius 2 is 2.00 bits per heavy atom. The molecule has 0 heterocycles. The lowest BCUT2D eigenvalue weighted by Crippen LogP contribution is -2.43. The maximum Gasteiger partial charge on any atom is 0.338 e. The molecule has 0 aliphatic heterocycles. The van der Waals surface area contributed by atoms with Crippen molar-refractivity contribution in [2.45, 2.75) is 19.9 Å². The van der Waals surface area contributed by atoms with Gasteiger partial charge in [0.1, 0.15) is 6.61 Å². The summed E-state index contributed by atoms with van der Waals surface area (Å²) in [4.78, 5) is 38.8. The number of azide groups is 1. The van der Waals surface area contributed by atoms with Gasteiger partial charge in [-0.3, -0.25) is 9.69 Å². The lowest BCUT2D eigenvalue weighted by Gasteiger charge is -2.30. The van der Waals surface area contributed by atoms with Gasteiger partial charge in [-0.15, -0.1) is 4.91 Å². The molecule has 9 heteroatoms. The third kappa shape index (κ3) is 5.45. The van der Waals surface area contributed by atoms with Crippen LogP contribution in [-0.4, -0.2) is 42.6 Å². The van der Waals surface area contributed by atoms with Gasteiger partial charge in [0.05, 0.1) is 18.2 Å². The quantitative estimate of drug-likeness (QED) is 0.226. The Bertz CT molecular complexity index is 616. The molecule has 2 atom stereocenters. The highest BCUT2D eigenvalue weighted by Gasteiger charge is 2.31. The molecule has 0 radical (unpaired) electrons. The van der Waals surface area contributed by atoms with Crippen molar-refractivity contribution in [3.8, 4) is 0 Å². The van der Waals surface area contributed by atoms with Crippen LogP contribution in [0.4, 0.5) is 0 Å². The Morgan fingerprint density at radius 1 is 1.33 bits per heavy atom. The van der Waals surface area contributed by atoms with E-state index in [0.717, 1.165) is 0 Å². The van der Waals surface area contributed by atoms with E-state index in [9.17, 15) is 14.5 Å². The van der Waals surface area contributed by atoms with Crippen molar-refractivity contribution >= 4 is 11.9 Å². The van der Waals surface area contributed by atoms with Crippen molar-refractivity contribution in [2.24, 2.45) is 16.2 Å². The number of ether oxygens (including phenoxy) is 1. The van der Waals surface area contributed by atoms with E-state index >= 15 is 0 Å². The van der Waals surface area contributed by atoms with Crippen molar-refractivity contribution in [3.63, 3.8) is 0 Å². The lowest BCUT2D eigenvalue weighted by atomic mass is 10.00. The van der Waals surface area contributed by atoms with Gasteiger partial charge in [0.15, 0.2) is 0 Å². The molecule has 1 rings (SSSR count). The van der Waals surface area contributed by atoms with Crippen LogP contribution < -0.4 is 0 Å². The predicted octanol–water partition coefficient (Wildman–Crippen LogP) is 2.73. The first kappa shape index (κ1) is 19.3. The van der Waals surface area contributed by atoms with Crippen molar-refractivity contribution in [1.82, 2.24) is 4.90 Å². The Hall–Kier alpha value is -2.77. The highest BCUT2D eigenvalue weighted by molar-refractivity contribution is 5.89. The summed E-state index contributed by atoms with van der Waals surface area (Å²) in [5.74, 6) is -2.45. The molecule has 0 aliphatic carbocycles. The van der Waals surface area contributed by atoms with Crippen LogP contribution in [0.15, 0.2) is 40.6 Å². The summed E-state index contributed by atoms with van der Waals surface area (Å²) in [5, 5.41) is 5.90. The average molecular weight is 333 g/mol. The van der Waals surface area contributed by atoms with E-state index in [1.54, 1.807) is 42.2 Å². The van der Waals surface area contributed by atoms with Crippen LogP contribution in [0.2, 0.25) is 0 Å². The van der Waals surface area contributed by atoms with Crippen LogP contribution in [0.5, 0.6) is 0 Å². The van der Waals surface area contributed by atoms with Gasteiger partial charge in [0, 0.05) is 16.1 Å². The molecule has 0 bridgehead atoms. The zero-order valence-electron chi connectivity index (χ0n) is 13.5. The number of esters is 1. The van der Waals surface area contributed by atoms with Crippen molar-refractivity contribution in [1.29, 1.82) is 0 Å². The molecule has 1 aromatic carbocycles. The molecule has 0 saturated carbocycles. The van der Waals surface area contributed by atoms with Crippen molar-refractivity contribution < 1.29 is 14.3 Å². The van der Waals surface area contributed by atoms with E-state index in [1.165, 1.54) is 0 Å². The fourth-order valence-electron chi connectivity index (χ4n) is 2.19. The molecule has 1 aromatic rings. The number of carbonyl (C=O) groups excluding carboxylic acids is 2. The smallest absolute Gasteiger partial charge is 0.338 e. The third-order valence-electron chi connectivity index (χ3n) is 3.68. The number of nitrogens with zero attached hydrogens (tertiary/aromatic N) is 5. The Balaban J connectivity index is 2.81. The maximum absolute atomic E-state index is 12.0. The first-order valence-corrected chi connectivity index (χ1v) is 7.39. The minimum absolute atomic E-state index is 0.0312. The molecule has 1 amide bonds. The molecular formula is C15H19N5O4. The van der Waals surface area contributed by atoms with Gasteiger partial charge in [-0.2, -0.15) is 0 Å². The van der Waals surface area contributed by atoms with E-state index in [2.05, 4.69) is 15.2 Å². The fraction of sp³-hybridized carbons (Fsp3) is 0.467. The molecule has 24 heavy (non-hydrogen) atoms. The second kappa shape index (κ2) is 10.1. The van der Waals surface area contributed by atoms with E-state index in [-0.39, 0.29) is 13.3 Å². The van der Waals surface area contributed by atoms with Gasteiger partial charge in [-0.25, -0.2) is 4.79 Å². The SMILES string of the molecule is CCN(CN=[N+]=[N-])C(C)C(COC(=O)c1ccccc1)C(=O)N=O. The lowest BCUT2D eigenvalue weighted by molar-refractivity contribution is -0.125. The number of hydrogen-bond acceptors (Lipinski definition) is 6. The van der Waals surface area contributed by atoms with Gasteiger partial charge in [0.25, 0.3) is 5.91 Å². The summed E-state index contributed by atoms with van der Waals surface area (Å²) in [7, 11) is 0. The third-order valence-corrected chi connectivity index (χ3v) is 3.68. The number of amides is 1. The number of rotatable bonds is 9. The summed E-state index contributed by atoms with van der Waals surface area (Å²) in [5.41, 5.74) is 8.76. The topological polar surface area (TPSA) is 125 Å². The molecule has 0 N–H and O–H groups in total. The predicted molar refractivity (Wildman–Crippen MR) is 86.9 cm³/mol. The van der Waals surface area contributed by atoms with Gasteiger partial charge in [-0.05, 0) is 31.1 Å². The number of benzene rings is 1. The summed E-state index contributed by atoms with van der Waals surface area (Å²) in [6, 6.07) is 7.81. The van der Waals surface area contributed by atoms with Gasteiger partial charge < -0.3 is 4.74 Å². The zero-order valence-corrected chi connectivity index (χ0v) is 13.5. The molecule has 128 valence electrons. The standard InChI is InChI=1S/C15H19N5O4/c1-3-20(10-17-19-16)11(2)13(14(21)18-23)9-24-15(22)12-7-5-4-6-8-12/h4-8,11,13H,3,9-10H2,1-2H3. The Kier molecular flexibility index (Phi) is 8.10. The summed E-state index contributed by atoms with van der Waals surface area (Å²) in [6.45, 7) is 3.72. The van der Waals surface area contributed by atoms with E-state index in [4.69, 9.17) is 10.3 Å². The highest BCUT2D eigenvalue weighted by Crippen LogP contribution is 2.15. The van der Waals surface area contributed by atoms with Gasteiger partial charge in [-0.1, -0.05) is 30.2 Å². The van der Waals surface area contributed by atoms with Crippen molar-refractivity contribution in [3.05, 3.63) is 51.2 Å². The summed E-state index contributed by atoms with van der Waals surface area (Å²) >= 11 is 0. The van der Waals surface area contributed by atoms with Crippen LogP contribution in [0, 0.1) is 10.8 Å². The molecule has 9 nitrogen and oxygen atoms in total. The molecule has 0 fully saturated rings. The van der Waals surface area contributed by atoms with Gasteiger partial charge >= 0.3 is 5.97 Å². The monoisotopic (exact) mass is 333 g/mol. The summed E-state index contributed by atoms with van der Waals surface area (Å²) < 4.78 is 5.14. The minimum Gasteiger partial charge on any atom is -0.461 e. The molecular weight excluding hydrogens is 314 g/mol. The molecule has 0 saturated heterocycles.